The molecule has 0 saturated heterocycles. The molecule has 0 bridgehead atoms. The van der Waals surface area contributed by atoms with Crippen LogP contribution in [0.2, 0.25) is 0 Å². The number of anilines is 1. The number of carbonyl (C=O) groups is 1. The summed E-state index contributed by atoms with van der Waals surface area (Å²) in [6.45, 7) is 6.21. The Kier molecular flexibility index (Phi) is 7.50. The van der Waals surface area contributed by atoms with Crippen LogP contribution in [-0.4, -0.2) is 47.7 Å². The highest BCUT2D eigenvalue weighted by molar-refractivity contribution is 5.94. The Labute approximate surface area is 215 Å². The van der Waals surface area contributed by atoms with Gasteiger partial charge in [-0.05, 0) is 72.9 Å². The Hall–Kier alpha value is -3.91. The summed E-state index contributed by atoms with van der Waals surface area (Å²) in [5, 5.41) is 19.7. The standard InChI is InChI=1S/C29H32FN3O4/c1-18-11-25(31-16-22(34)15-29(2,3)24-14-20(30)9-10-27(24)36-4)23-17-32-33(26(23)12-18)21-8-6-7-19(13-21)28(35)37-5/h6-14,17,22,31,34H,15-16H2,1-5H3/t22-/m1/s1. The molecule has 0 fully saturated rings. The first-order valence-electron chi connectivity index (χ1n) is 12.1. The van der Waals surface area contributed by atoms with Crippen LogP contribution in [0.3, 0.4) is 0 Å². The van der Waals surface area contributed by atoms with Crippen LogP contribution < -0.4 is 10.1 Å². The lowest BCUT2D eigenvalue weighted by molar-refractivity contribution is 0.0600. The lowest BCUT2D eigenvalue weighted by atomic mass is 9.79. The molecule has 0 aliphatic heterocycles. The van der Waals surface area contributed by atoms with Crippen LogP contribution in [0.25, 0.3) is 16.6 Å². The van der Waals surface area contributed by atoms with Gasteiger partial charge in [-0.15, -0.1) is 0 Å². The van der Waals surface area contributed by atoms with Crippen LogP contribution in [0.15, 0.2) is 60.8 Å². The number of nitrogens with one attached hydrogen (secondary N) is 1. The molecular weight excluding hydrogens is 473 g/mol. The van der Waals surface area contributed by atoms with E-state index in [1.54, 1.807) is 42.3 Å². The Balaban J connectivity index is 1.55. The van der Waals surface area contributed by atoms with Gasteiger partial charge < -0.3 is 19.9 Å². The molecule has 37 heavy (non-hydrogen) atoms. The Bertz CT molecular complexity index is 1430. The van der Waals surface area contributed by atoms with Gasteiger partial charge in [0.25, 0.3) is 0 Å². The van der Waals surface area contributed by atoms with E-state index in [0.717, 1.165) is 27.8 Å². The minimum atomic E-state index is -0.703. The molecule has 0 radical (unpaired) electrons. The van der Waals surface area contributed by atoms with Crippen molar-refractivity contribution in [3.05, 3.63) is 83.3 Å². The van der Waals surface area contributed by atoms with Crippen molar-refractivity contribution in [3.63, 3.8) is 0 Å². The molecule has 3 aromatic carbocycles. The second-order valence-corrected chi connectivity index (χ2v) is 9.81. The third kappa shape index (κ3) is 5.59. The number of aryl methyl sites for hydroxylation is 1. The van der Waals surface area contributed by atoms with Crippen molar-refractivity contribution in [2.24, 2.45) is 0 Å². The molecule has 8 heteroatoms. The topological polar surface area (TPSA) is 85.6 Å². The maximum absolute atomic E-state index is 14.0. The number of aromatic nitrogens is 2. The van der Waals surface area contributed by atoms with Gasteiger partial charge in [0.15, 0.2) is 0 Å². The predicted octanol–water partition coefficient (Wildman–Crippen LogP) is 5.41. The number of aliphatic hydroxyl groups is 1. The highest BCUT2D eigenvalue weighted by atomic mass is 19.1. The van der Waals surface area contributed by atoms with Crippen molar-refractivity contribution in [3.8, 4) is 11.4 Å². The zero-order valence-electron chi connectivity index (χ0n) is 21.7. The van der Waals surface area contributed by atoms with Gasteiger partial charge in [0.1, 0.15) is 11.6 Å². The van der Waals surface area contributed by atoms with Gasteiger partial charge in [-0.1, -0.05) is 19.9 Å². The number of carbonyl (C=O) groups excluding carboxylic acids is 1. The van der Waals surface area contributed by atoms with Crippen LogP contribution in [0.4, 0.5) is 10.1 Å². The molecule has 4 aromatic rings. The molecule has 7 nitrogen and oxygen atoms in total. The molecule has 0 saturated carbocycles. The Morgan fingerprint density at radius 1 is 1.16 bits per heavy atom. The first-order valence-corrected chi connectivity index (χ1v) is 12.1. The van der Waals surface area contributed by atoms with E-state index in [2.05, 4.69) is 10.4 Å². The quantitative estimate of drug-likeness (QED) is 0.296. The van der Waals surface area contributed by atoms with Crippen LogP contribution >= 0.6 is 0 Å². The minimum absolute atomic E-state index is 0.294. The number of ether oxygens (including phenoxy) is 2. The summed E-state index contributed by atoms with van der Waals surface area (Å²) in [7, 11) is 2.91. The van der Waals surface area contributed by atoms with E-state index >= 15 is 0 Å². The molecule has 4 rings (SSSR count). The molecule has 0 aliphatic rings. The summed E-state index contributed by atoms with van der Waals surface area (Å²) in [5.74, 6) is -0.159. The van der Waals surface area contributed by atoms with Gasteiger partial charge in [-0.25, -0.2) is 13.9 Å². The zero-order chi connectivity index (χ0) is 26.7. The number of hydrogen-bond donors (Lipinski definition) is 2. The molecule has 0 unspecified atom stereocenters. The van der Waals surface area contributed by atoms with Gasteiger partial charge in [-0.2, -0.15) is 5.10 Å². The SMILES string of the molecule is COC(=O)c1cccc(-n2ncc3c(NC[C@H](O)CC(C)(C)c4cc(F)ccc4OC)cc(C)cc32)c1. The number of fused-ring (bicyclic) bond motifs is 1. The zero-order valence-corrected chi connectivity index (χ0v) is 21.7. The number of nitrogens with zero attached hydrogens (tertiary/aromatic N) is 2. The van der Waals surface area contributed by atoms with Gasteiger partial charge in [0.2, 0.25) is 0 Å². The summed E-state index contributed by atoms with van der Waals surface area (Å²) < 4.78 is 26.0. The van der Waals surface area contributed by atoms with Crippen LogP contribution in [-0.2, 0) is 10.2 Å². The largest absolute Gasteiger partial charge is 0.496 e. The van der Waals surface area contributed by atoms with E-state index in [-0.39, 0.29) is 5.82 Å². The minimum Gasteiger partial charge on any atom is -0.496 e. The Morgan fingerprint density at radius 2 is 1.95 bits per heavy atom. The predicted molar refractivity (Wildman–Crippen MR) is 142 cm³/mol. The monoisotopic (exact) mass is 505 g/mol. The molecule has 0 amide bonds. The molecule has 1 heterocycles. The van der Waals surface area contributed by atoms with Crippen molar-refractivity contribution in [1.29, 1.82) is 0 Å². The maximum atomic E-state index is 14.0. The van der Waals surface area contributed by atoms with E-state index in [0.29, 0.717) is 29.8 Å². The average molecular weight is 506 g/mol. The van der Waals surface area contributed by atoms with Gasteiger partial charge in [-0.3, -0.25) is 0 Å². The fraction of sp³-hybridized carbons (Fsp3) is 0.310. The summed E-state index contributed by atoms with van der Waals surface area (Å²) in [4.78, 5) is 12.0. The van der Waals surface area contributed by atoms with Crippen molar-refractivity contribution in [2.75, 3.05) is 26.1 Å². The number of halogens is 1. The van der Waals surface area contributed by atoms with Crippen LogP contribution in [0.5, 0.6) is 5.75 Å². The normalized spacial score (nSPS) is 12.4. The van der Waals surface area contributed by atoms with Gasteiger partial charge >= 0.3 is 5.97 Å². The van der Waals surface area contributed by atoms with Crippen molar-refractivity contribution in [1.82, 2.24) is 9.78 Å². The summed E-state index contributed by atoms with van der Waals surface area (Å²) in [6, 6.07) is 15.6. The molecule has 0 spiro atoms. The number of benzene rings is 3. The molecule has 2 N–H and O–H groups in total. The molecule has 0 aliphatic carbocycles. The third-order valence-corrected chi connectivity index (χ3v) is 6.51. The van der Waals surface area contributed by atoms with E-state index in [1.807, 2.05) is 39.0 Å². The molecule has 1 atom stereocenters. The summed E-state index contributed by atoms with van der Waals surface area (Å²) in [6.07, 6.45) is 1.45. The van der Waals surface area contributed by atoms with Crippen molar-refractivity contribution < 1.29 is 23.8 Å². The fourth-order valence-electron chi connectivity index (χ4n) is 4.71. The highest BCUT2D eigenvalue weighted by Crippen LogP contribution is 2.36. The van der Waals surface area contributed by atoms with Crippen LogP contribution in [0, 0.1) is 12.7 Å². The van der Waals surface area contributed by atoms with E-state index in [9.17, 15) is 14.3 Å². The summed E-state index contributed by atoms with van der Waals surface area (Å²) in [5.41, 5.74) is 4.08. The van der Waals surface area contributed by atoms with Crippen molar-refractivity contribution >= 4 is 22.6 Å². The van der Waals surface area contributed by atoms with Gasteiger partial charge in [0, 0.05) is 23.2 Å². The number of hydrogen-bond acceptors (Lipinski definition) is 6. The van der Waals surface area contributed by atoms with Crippen molar-refractivity contribution in [2.45, 2.75) is 38.7 Å². The number of methoxy groups -OCH3 is 2. The smallest absolute Gasteiger partial charge is 0.337 e. The second-order valence-electron chi connectivity index (χ2n) is 9.81. The third-order valence-electron chi connectivity index (χ3n) is 6.51. The lowest BCUT2D eigenvalue weighted by Crippen LogP contribution is -2.30. The Morgan fingerprint density at radius 3 is 2.68 bits per heavy atom. The van der Waals surface area contributed by atoms with E-state index < -0.39 is 17.5 Å². The van der Waals surface area contributed by atoms with Gasteiger partial charge in [0.05, 0.1) is 43.3 Å². The molecular formula is C29H32FN3O4. The second kappa shape index (κ2) is 10.6. The summed E-state index contributed by atoms with van der Waals surface area (Å²) >= 11 is 0. The van der Waals surface area contributed by atoms with E-state index in [4.69, 9.17) is 9.47 Å². The number of aliphatic hydroxyl groups excluding tert-OH is 1. The molecule has 1 aromatic heterocycles. The number of esters is 1. The van der Waals surface area contributed by atoms with E-state index in [1.165, 1.54) is 19.2 Å². The average Bonchev–Trinajstić information content (AvgIpc) is 3.30. The highest BCUT2D eigenvalue weighted by Gasteiger charge is 2.28. The first-order chi connectivity index (χ1) is 17.6. The molecule has 194 valence electrons. The first kappa shape index (κ1) is 26.2. The number of rotatable bonds is 9. The fourth-order valence-corrected chi connectivity index (χ4v) is 4.71. The lowest BCUT2D eigenvalue weighted by Gasteiger charge is -2.30. The maximum Gasteiger partial charge on any atom is 0.337 e. The van der Waals surface area contributed by atoms with Crippen LogP contribution in [0.1, 0.15) is 41.8 Å².